The van der Waals surface area contributed by atoms with Gasteiger partial charge in [-0.15, -0.1) is 0 Å². The molecular formula is C20H19FN2O2. The van der Waals surface area contributed by atoms with Crippen LogP contribution in [0, 0.1) is 5.82 Å². The standard InChI is InChI=1S/C19H15FN2O.CH4O/c1-3-12-11-16(19(23)21-2)17(13-6-4-7-14(20)10-13)18-15(12)8-5-9-22-18;1-2/h3-11H,1H2,2H3,(H,21,23);2H,1H3. The fourth-order valence-corrected chi connectivity index (χ4v) is 2.69. The number of carbonyl (C=O) groups excluding carboxylic acids is 1. The maximum Gasteiger partial charge on any atom is 0.251 e. The SMILES string of the molecule is C=Cc1cc(C(=O)NC)c(-c2cccc(F)c2)c2ncccc12.CO. The Labute approximate surface area is 145 Å². The number of hydrogen-bond donors (Lipinski definition) is 2. The molecule has 0 spiro atoms. The van der Waals surface area contributed by atoms with Gasteiger partial charge in [-0.25, -0.2) is 4.39 Å². The number of nitrogens with zero attached hydrogens (tertiary/aromatic N) is 1. The molecule has 128 valence electrons. The highest BCUT2D eigenvalue weighted by Gasteiger charge is 2.18. The van der Waals surface area contributed by atoms with E-state index in [0.717, 1.165) is 18.1 Å². The van der Waals surface area contributed by atoms with Crippen LogP contribution in [0.3, 0.4) is 0 Å². The molecule has 2 N–H and O–H groups in total. The number of aliphatic hydroxyl groups is 1. The highest BCUT2D eigenvalue weighted by atomic mass is 19.1. The van der Waals surface area contributed by atoms with E-state index in [4.69, 9.17) is 5.11 Å². The van der Waals surface area contributed by atoms with Crippen molar-refractivity contribution in [2.75, 3.05) is 14.2 Å². The van der Waals surface area contributed by atoms with Crippen LogP contribution in [0.1, 0.15) is 15.9 Å². The summed E-state index contributed by atoms with van der Waals surface area (Å²) in [6, 6.07) is 11.7. The number of aromatic nitrogens is 1. The number of hydrogen-bond acceptors (Lipinski definition) is 3. The molecule has 0 saturated heterocycles. The molecule has 1 heterocycles. The van der Waals surface area contributed by atoms with E-state index in [-0.39, 0.29) is 11.7 Å². The van der Waals surface area contributed by atoms with E-state index in [1.807, 2.05) is 12.1 Å². The maximum atomic E-state index is 13.7. The molecule has 1 amide bonds. The molecule has 0 atom stereocenters. The van der Waals surface area contributed by atoms with Crippen molar-refractivity contribution in [3.8, 4) is 11.1 Å². The summed E-state index contributed by atoms with van der Waals surface area (Å²) in [7, 11) is 2.56. The predicted octanol–water partition coefficient (Wildman–Crippen LogP) is 3.65. The number of aliphatic hydroxyl groups excluding tert-OH is 1. The van der Waals surface area contributed by atoms with Gasteiger partial charge in [0.2, 0.25) is 0 Å². The van der Waals surface area contributed by atoms with Gasteiger partial charge in [-0.3, -0.25) is 9.78 Å². The second kappa shape index (κ2) is 8.17. The summed E-state index contributed by atoms with van der Waals surface area (Å²) in [5, 5.41) is 10.5. The Morgan fingerprint density at radius 1 is 1.24 bits per heavy atom. The number of nitrogens with one attached hydrogen (secondary N) is 1. The molecule has 1 aromatic heterocycles. The number of carbonyl (C=O) groups is 1. The molecule has 25 heavy (non-hydrogen) atoms. The van der Waals surface area contributed by atoms with E-state index in [2.05, 4.69) is 16.9 Å². The van der Waals surface area contributed by atoms with Crippen LogP contribution in [0.4, 0.5) is 4.39 Å². The molecule has 0 aliphatic heterocycles. The van der Waals surface area contributed by atoms with Crippen LogP contribution in [0.2, 0.25) is 0 Å². The third-order valence-corrected chi connectivity index (χ3v) is 3.73. The highest BCUT2D eigenvalue weighted by Crippen LogP contribution is 2.34. The molecule has 5 heteroatoms. The molecule has 0 radical (unpaired) electrons. The highest BCUT2D eigenvalue weighted by molar-refractivity contribution is 6.10. The zero-order chi connectivity index (χ0) is 18.4. The summed E-state index contributed by atoms with van der Waals surface area (Å²) in [5.74, 6) is -0.609. The first-order chi connectivity index (χ1) is 12.2. The quantitative estimate of drug-likeness (QED) is 0.766. The van der Waals surface area contributed by atoms with E-state index >= 15 is 0 Å². The lowest BCUT2D eigenvalue weighted by Crippen LogP contribution is -2.19. The molecular weight excluding hydrogens is 319 g/mol. The van der Waals surface area contributed by atoms with Crippen LogP contribution in [0.25, 0.3) is 28.1 Å². The van der Waals surface area contributed by atoms with E-state index in [0.29, 0.717) is 22.2 Å². The van der Waals surface area contributed by atoms with Crippen molar-refractivity contribution < 1.29 is 14.3 Å². The van der Waals surface area contributed by atoms with Crippen molar-refractivity contribution in [2.45, 2.75) is 0 Å². The van der Waals surface area contributed by atoms with Crippen molar-refractivity contribution in [2.24, 2.45) is 0 Å². The van der Waals surface area contributed by atoms with Gasteiger partial charge in [0.1, 0.15) is 5.82 Å². The predicted molar refractivity (Wildman–Crippen MR) is 98.8 cm³/mol. The number of halogens is 1. The first-order valence-electron chi connectivity index (χ1n) is 7.62. The molecule has 0 fully saturated rings. The Morgan fingerprint density at radius 2 is 2.00 bits per heavy atom. The van der Waals surface area contributed by atoms with E-state index in [1.54, 1.807) is 37.5 Å². The first kappa shape index (κ1) is 18.3. The van der Waals surface area contributed by atoms with Crippen LogP contribution in [0.5, 0.6) is 0 Å². The zero-order valence-electron chi connectivity index (χ0n) is 14.1. The average Bonchev–Trinajstić information content (AvgIpc) is 2.67. The lowest BCUT2D eigenvalue weighted by molar-refractivity contribution is 0.0964. The largest absolute Gasteiger partial charge is 0.400 e. The van der Waals surface area contributed by atoms with Crippen LogP contribution < -0.4 is 5.32 Å². The third kappa shape index (κ3) is 3.56. The summed E-state index contributed by atoms with van der Waals surface area (Å²) in [6.45, 7) is 3.80. The normalized spacial score (nSPS) is 9.92. The van der Waals surface area contributed by atoms with Gasteiger partial charge in [0.05, 0.1) is 5.52 Å². The Bertz CT molecular complexity index is 923. The van der Waals surface area contributed by atoms with Crippen LogP contribution in [0.15, 0.2) is 55.2 Å². The topological polar surface area (TPSA) is 62.2 Å². The summed E-state index contributed by atoms with van der Waals surface area (Å²) in [6.07, 6.45) is 3.34. The fraction of sp³-hybridized carbons (Fsp3) is 0.100. The van der Waals surface area contributed by atoms with Gasteiger partial charge in [0.15, 0.2) is 0 Å². The maximum absolute atomic E-state index is 13.7. The summed E-state index contributed by atoms with van der Waals surface area (Å²) >= 11 is 0. The summed E-state index contributed by atoms with van der Waals surface area (Å²) in [4.78, 5) is 16.8. The van der Waals surface area contributed by atoms with E-state index in [9.17, 15) is 9.18 Å². The van der Waals surface area contributed by atoms with Gasteiger partial charge < -0.3 is 10.4 Å². The van der Waals surface area contributed by atoms with Crippen molar-refractivity contribution in [3.05, 3.63) is 72.2 Å². The number of amides is 1. The second-order valence-electron chi connectivity index (χ2n) is 5.08. The molecule has 0 aliphatic rings. The van der Waals surface area contributed by atoms with Crippen LogP contribution in [-0.4, -0.2) is 30.2 Å². The van der Waals surface area contributed by atoms with Crippen LogP contribution >= 0.6 is 0 Å². The average molecular weight is 338 g/mol. The van der Waals surface area contributed by atoms with Crippen molar-refractivity contribution >= 4 is 22.9 Å². The van der Waals surface area contributed by atoms with Crippen LogP contribution in [-0.2, 0) is 0 Å². The molecule has 3 rings (SSSR count). The van der Waals surface area contributed by atoms with Gasteiger partial charge in [-0.2, -0.15) is 0 Å². The Balaban J connectivity index is 0.00000109. The molecule has 0 unspecified atom stereocenters. The number of benzene rings is 2. The monoisotopic (exact) mass is 338 g/mol. The van der Waals surface area contributed by atoms with Crippen molar-refractivity contribution in [3.63, 3.8) is 0 Å². The fourth-order valence-electron chi connectivity index (χ4n) is 2.69. The minimum Gasteiger partial charge on any atom is -0.400 e. The number of fused-ring (bicyclic) bond motifs is 1. The Kier molecular flexibility index (Phi) is 5.98. The molecule has 3 aromatic rings. The second-order valence-corrected chi connectivity index (χ2v) is 5.08. The molecule has 0 aliphatic carbocycles. The van der Waals surface area contributed by atoms with Gasteiger partial charge in [-0.1, -0.05) is 30.9 Å². The Morgan fingerprint density at radius 3 is 2.64 bits per heavy atom. The zero-order valence-corrected chi connectivity index (χ0v) is 14.1. The molecule has 2 aromatic carbocycles. The van der Waals surface area contributed by atoms with Gasteiger partial charge in [0, 0.05) is 36.9 Å². The van der Waals surface area contributed by atoms with Gasteiger partial charge in [-0.05, 0) is 35.4 Å². The van der Waals surface area contributed by atoms with Crippen molar-refractivity contribution in [1.82, 2.24) is 10.3 Å². The van der Waals surface area contributed by atoms with Gasteiger partial charge >= 0.3 is 0 Å². The van der Waals surface area contributed by atoms with E-state index in [1.165, 1.54) is 12.1 Å². The minimum absolute atomic E-state index is 0.250. The smallest absolute Gasteiger partial charge is 0.251 e. The van der Waals surface area contributed by atoms with Crippen molar-refractivity contribution in [1.29, 1.82) is 0 Å². The molecule has 0 saturated carbocycles. The number of rotatable bonds is 3. The Hall–Kier alpha value is -3.05. The lowest BCUT2D eigenvalue weighted by atomic mass is 9.92. The molecule has 4 nitrogen and oxygen atoms in total. The third-order valence-electron chi connectivity index (χ3n) is 3.73. The molecule has 0 bridgehead atoms. The first-order valence-corrected chi connectivity index (χ1v) is 7.62. The number of pyridine rings is 1. The van der Waals surface area contributed by atoms with Gasteiger partial charge in [0.25, 0.3) is 5.91 Å². The lowest BCUT2D eigenvalue weighted by Gasteiger charge is -2.14. The summed E-state index contributed by atoms with van der Waals surface area (Å²) < 4.78 is 13.7. The summed E-state index contributed by atoms with van der Waals surface area (Å²) in [5.41, 5.74) is 3.13. The van der Waals surface area contributed by atoms with E-state index < -0.39 is 0 Å². The minimum atomic E-state index is -0.359.